The van der Waals surface area contributed by atoms with Crippen molar-refractivity contribution in [2.75, 3.05) is 50.7 Å². The second-order valence-corrected chi connectivity index (χ2v) is 6.60. The molecule has 2 aliphatic heterocycles. The van der Waals surface area contributed by atoms with Crippen LogP contribution in [-0.4, -0.2) is 72.7 Å². The van der Waals surface area contributed by atoms with Crippen molar-refractivity contribution < 1.29 is 9.90 Å². The molecule has 1 aromatic carbocycles. The number of carbonyl (C=O) groups is 1. The highest BCUT2D eigenvalue weighted by Crippen LogP contribution is 2.20. The Hall–Kier alpha value is -1.59. The van der Waals surface area contributed by atoms with E-state index in [0.717, 1.165) is 39.3 Å². The quantitative estimate of drug-likeness (QED) is 0.896. The number of anilines is 1. The Balaban J connectivity index is 1.48. The van der Waals surface area contributed by atoms with E-state index in [0.29, 0.717) is 12.6 Å². The second kappa shape index (κ2) is 7.79. The molecule has 5 nitrogen and oxygen atoms in total. The van der Waals surface area contributed by atoms with Crippen molar-refractivity contribution in [3.63, 3.8) is 0 Å². The third-order valence-electron chi connectivity index (χ3n) is 5.07. The summed E-state index contributed by atoms with van der Waals surface area (Å²) < 4.78 is 0. The first-order valence-corrected chi connectivity index (χ1v) is 8.70. The molecule has 23 heavy (non-hydrogen) atoms. The maximum Gasteiger partial charge on any atom is 0.304 e. The summed E-state index contributed by atoms with van der Waals surface area (Å²) in [6.45, 7) is 7.13. The molecule has 0 saturated carbocycles. The van der Waals surface area contributed by atoms with Crippen LogP contribution in [0, 0.1) is 0 Å². The Labute approximate surface area is 138 Å². The van der Waals surface area contributed by atoms with Crippen LogP contribution in [0.4, 0.5) is 5.69 Å². The van der Waals surface area contributed by atoms with Crippen molar-refractivity contribution in [2.45, 2.75) is 25.3 Å². The van der Waals surface area contributed by atoms with Crippen LogP contribution in [0.3, 0.4) is 0 Å². The molecule has 2 fully saturated rings. The summed E-state index contributed by atoms with van der Waals surface area (Å²) in [5.41, 5.74) is 1.32. The molecule has 1 atom stereocenters. The average Bonchev–Trinajstić information content (AvgIpc) is 2.61. The largest absolute Gasteiger partial charge is 0.481 e. The first-order valence-electron chi connectivity index (χ1n) is 8.70. The maximum absolute atomic E-state index is 10.8. The summed E-state index contributed by atoms with van der Waals surface area (Å²) in [6, 6.07) is 11.2. The van der Waals surface area contributed by atoms with Gasteiger partial charge in [-0.15, -0.1) is 0 Å². The number of nitrogens with zero attached hydrogens (tertiary/aromatic N) is 3. The maximum atomic E-state index is 10.8. The van der Waals surface area contributed by atoms with Gasteiger partial charge in [-0.05, 0) is 31.5 Å². The van der Waals surface area contributed by atoms with Crippen molar-refractivity contribution in [2.24, 2.45) is 0 Å². The SMILES string of the molecule is O=C(O)CCN1CCCC(N2CCN(c3ccccc3)CC2)C1. The minimum atomic E-state index is -0.691. The molecule has 0 aromatic heterocycles. The van der Waals surface area contributed by atoms with Gasteiger partial charge in [-0.3, -0.25) is 9.69 Å². The number of aliphatic carboxylic acids is 1. The van der Waals surface area contributed by atoms with E-state index in [9.17, 15) is 4.79 Å². The van der Waals surface area contributed by atoms with Gasteiger partial charge < -0.3 is 14.9 Å². The molecule has 2 saturated heterocycles. The third-order valence-corrected chi connectivity index (χ3v) is 5.07. The zero-order valence-corrected chi connectivity index (χ0v) is 13.7. The zero-order valence-electron chi connectivity index (χ0n) is 13.7. The van der Waals surface area contributed by atoms with Gasteiger partial charge in [0, 0.05) is 51.0 Å². The molecule has 5 heteroatoms. The molecule has 1 aromatic rings. The fraction of sp³-hybridized carbons (Fsp3) is 0.611. The Kier molecular flexibility index (Phi) is 5.51. The van der Waals surface area contributed by atoms with E-state index < -0.39 is 5.97 Å². The predicted octanol–water partition coefficient (Wildman–Crippen LogP) is 1.75. The highest BCUT2D eigenvalue weighted by molar-refractivity contribution is 5.66. The van der Waals surface area contributed by atoms with E-state index in [-0.39, 0.29) is 6.42 Å². The predicted molar refractivity (Wildman–Crippen MR) is 91.9 cm³/mol. The summed E-state index contributed by atoms with van der Waals surface area (Å²) in [4.78, 5) is 18.1. The van der Waals surface area contributed by atoms with Crippen molar-refractivity contribution >= 4 is 11.7 Å². The van der Waals surface area contributed by atoms with E-state index in [1.54, 1.807) is 0 Å². The smallest absolute Gasteiger partial charge is 0.304 e. The summed E-state index contributed by atoms with van der Waals surface area (Å²) in [7, 11) is 0. The molecule has 1 N–H and O–H groups in total. The highest BCUT2D eigenvalue weighted by atomic mass is 16.4. The van der Waals surface area contributed by atoms with Gasteiger partial charge in [0.1, 0.15) is 0 Å². The fourth-order valence-electron chi connectivity index (χ4n) is 3.77. The van der Waals surface area contributed by atoms with Crippen LogP contribution < -0.4 is 4.90 Å². The summed E-state index contributed by atoms with van der Waals surface area (Å²) >= 11 is 0. The Morgan fingerprint density at radius 3 is 2.52 bits per heavy atom. The molecule has 0 bridgehead atoms. The van der Waals surface area contributed by atoms with E-state index in [4.69, 9.17) is 5.11 Å². The number of hydrogen-bond donors (Lipinski definition) is 1. The molecular weight excluding hydrogens is 290 g/mol. The van der Waals surface area contributed by atoms with Crippen molar-refractivity contribution in [1.29, 1.82) is 0 Å². The Bertz CT molecular complexity index is 500. The molecule has 126 valence electrons. The summed E-state index contributed by atoms with van der Waals surface area (Å²) in [5, 5.41) is 8.85. The van der Waals surface area contributed by atoms with E-state index in [1.807, 2.05) is 0 Å². The first kappa shape index (κ1) is 16.3. The lowest BCUT2D eigenvalue weighted by molar-refractivity contribution is -0.137. The van der Waals surface area contributed by atoms with Crippen molar-refractivity contribution in [3.05, 3.63) is 30.3 Å². The third kappa shape index (κ3) is 4.45. The minimum absolute atomic E-state index is 0.258. The van der Waals surface area contributed by atoms with Crippen LogP contribution in [0.1, 0.15) is 19.3 Å². The molecule has 0 aliphatic carbocycles. The van der Waals surface area contributed by atoms with Gasteiger partial charge in [-0.25, -0.2) is 0 Å². The van der Waals surface area contributed by atoms with Crippen molar-refractivity contribution in [3.8, 4) is 0 Å². The Morgan fingerprint density at radius 2 is 1.83 bits per heavy atom. The standard InChI is InChI=1S/C18H27N3O2/c22-18(23)8-10-19-9-4-7-17(15-19)21-13-11-20(12-14-21)16-5-2-1-3-6-16/h1-3,5-6,17H,4,7-15H2,(H,22,23). The van der Waals surface area contributed by atoms with Crippen LogP contribution in [0.2, 0.25) is 0 Å². The van der Waals surface area contributed by atoms with Crippen LogP contribution in [0.25, 0.3) is 0 Å². The van der Waals surface area contributed by atoms with E-state index in [2.05, 4.69) is 45.0 Å². The lowest BCUT2D eigenvalue weighted by Gasteiger charge is -2.44. The monoisotopic (exact) mass is 317 g/mol. The van der Waals surface area contributed by atoms with Gasteiger partial charge in [0.05, 0.1) is 6.42 Å². The average molecular weight is 317 g/mol. The lowest BCUT2D eigenvalue weighted by Crippen LogP contribution is -2.55. The second-order valence-electron chi connectivity index (χ2n) is 6.60. The molecule has 0 radical (unpaired) electrons. The molecule has 0 amide bonds. The molecule has 0 spiro atoms. The number of benzene rings is 1. The highest BCUT2D eigenvalue weighted by Gasteiger charge is 2.28. The van der Waals surface area contributed by atoms with E-state index >= 15 is 0 Å². The number of hydrogen-bond acceptors (Lipinski definition) is 4. The summed E-state index contributed by atoms with van der Waals surface area (Å²) in [6.07, 6.45) is 2.69. The first-order chi connectivity index (χ1) is 11.2. The topological polar surface area (TPSA) is 47.0 Å². The number of carboxylic acids is 1. The number of para-hydroxylation sites is 1. The van der Waals surface area contributed by atoms with E-state index in [1.165, 1.54) is 18.5 Å². The normalized spacial score (nSPS) is 23.8. The van der Waals surface area contributed by atoms with Crippen LogP contribution >= 0.6 is 0 Å². The number of piperidine rings is 1. The van der Waals surface area contributed by atoms with Gasteiger partial charge >= 0.3 is 5.97 Å². The molecular formula is C18H27N3O2. The van der Waals surface area contributed by atoms with Gasteiger partial charge in [0.2, 0.25) is 0 Å². The fourth-order valence-corrected chi connectivity index (χ4v) is 3.77. The molecule has 3 rings (SSSR count). The number of likely N-dealkylation sites (tertiary alicyclic amines) is 1. The van der Waals surface area contributed by atoms with Gasteiger partial charge in [0.25, 0.3) is 0 Å². The number of rotatable bonds is 5. The number of carboxylic acid groups (broad SMARTS) is 1. The molecule has 2 heterocycles. The number of piperazine rings is 1. The van der Waals surface area contributed by atoms with Crippen molar-refractivity contribution in [1.82, 2.24) is 9.80 Å². The zero-order chi connectivity index (χ0) is 16.1. The van der Waals surface area contributed by atoms with Gasteiger partial charge in [-0.2, -0.15) is 0 Å². The van der Waals surface area contributed by atoms with Gasteiger partial charge in [-0.1, -0.05) is 18.2 Å². The molecule has 2 aliphatic rings. The van der Waals surface area contributed by atoms with Crippen LogP contribution in [0.15, 0.2) is 30.3 Å². The van der Waals surface area contributed by atoms with Crippen LogP contribution in [0.5, 0.6) is 0 Å². The lowest BCUT2D eigenvalue weighted by atomic mass is 10.0. The molecule has 1 unspecified atom stereocenters. The summed E-state index contributed by atoms with van der Waals surface area (Å²) in [5.74, 6) is -0.691. The van der Waals surface area contributed by atoms with Gasteiger partial charge in [0.15, 0.2) is 0 Å². The minimum Gasteiger partial charge on any atom is -0.481 e. The Morgan fingerprint density at radius 1 is 1.09 bits per heavy atom. The van der Waals surface area contributed by atoms with Crippen LogP contribution in [-0.2, 0) is 4.79 Å².